The van der Waals surface area contributed by atoms with Crippen molar-refractivity contribution in [3.05, 3.63) is 59.8 Å². The van der Waals surface area contributed by atoms with Gasteiger partial charge in [0.05, 0.1) is 23.8 Å². The minimum Gasteiger partial charge on any atom is -0.379 e. The molecule has 1 aromatic heterocycles. The van der Waals surface area contributed by atoms with Crippen molar-refractivity contribution in [3.8, 4) is 0 Å². The van der Waals surface area contributed by atoms with E-state index in [1.54, 1.807) is 39.9 Å². The molecule has 0 unspecified atom stereocenters. The van der Waals surface area contributed by atoms with E-state index in [9.17, 15) is 18.0 Å². The molecule has 2 aromatic carbocycles. The predicted molar refractivity (Wildman–Crippen MR) is 133 cm³/mol. The van der Waals surface area contributed by atoms with Gasteiger partial charge in [0.2, 0.25) is 15.9 Å². The number of carbonyl (C=O) groups excluding carboxylic acids is 2. The molecule has 2 amide bonds. The number of carbonyl (C=O) groups is 2. The van der Waals surface area contributed by atoms with Gasteiger partial charge in [0, 0.05) is 53.4 Å². The van der Waals surface area contributed by atoms with Crippen LogP contribution in [0.5, 0.6) is 0 Å². The summed E-state index contributed by atoms with van der Waals surface area (Å²) in [5.74, 6) is -0.669. The van der Waals surface area contributed by atoms with Crippen LogP contribution in [0.4, 0.5) is 5.69 Å². The topological polar surface area (TPSA) is 115 Å². The fraction of sp³-hybridized carbons (Fsp3) is 0.280. The first-order chi connectivity index (χ1) is 16.8. The van der Waals surface area contributed by atoms with Crippen LogP contribution < -0.4 is 10.6 Å². The van der Waals surface area contributed by atoms with Crippen LogP contribution in [0, 0.1) is 0 Å². The zero-order valence-corrected chi connectivity index (χ0v) is 20.1. The Balaban J connectivity index is 1.64. The number of morpholine rings is 1. The van der Waals surface area contributed by atoms with Crippen molar-refractivity contribution in [2.45, 2.75) is 18.4 Å². The highest BCUT2D eigenvalue weighted by atomic mass is 32.2. The van der Waals surface area contributed by atoms with Crippen LogP contribution in [0.15, 0.2) is 53.6 Å². The van der Waals surface area contributed by atoms with Gasteiger partial charge < -0.3 is 19.9 Å². The molecule has 0 atom stereocenters. The van der Waals surface area contributed by atoms with Crippen molar-refractivity contribution in [3.63, 3.8) is 0 Å². The normalized spacial score (nSPS) is 17.9. The molecule has 0 saturated carbocycles. The summed E-state index contributed by atoms with van der Waals surface area (Å²) in [6.45, 7) is 3.63. The molecule has 5 rings (SSSR count). The van der Waals surface area contributed by atoms with E-state index < -0.39 is 15.9 Å². The van der Waals surface area contributed by atoms with Gasteiger partial charge in [-0.15, -0.1) is 0 Å². The SMILES string of the molecule is CCN1C(=O)/C(=C\c2cn(CC(N)=O)c3ccccc23)c2cc(S(=O)(=O)N3CCOCC3)ccc21. The Morgan fingerprint density at radius 2 is 1.89 bits per heavy atom. The molecule has 10 heteroatoms. The Kier molecular flexibility index (Phi) is 5.96. The molecule has 1 fully saturated rings. The number of hydrogen-bond donors (Lipinski definition) is 1. The lowest BCUT2D eigenvalue weighted by atomic mass is 10.0. The number of nitrogens with two attached hydrogens (primary N) is 1. The number of sulfonamides is 1. The first-order valence-corrected chi connectivity index (χ1v) is 12.9. The number of hydrogen-bond acceptors (Lipinski definition) is 5. The second-order valence-corrected chi connectivity index (χ2v) is 10.4. The molecule has 182 valence electrons. The molecule has 1 saturated heterocycles. The van der Waals surface area contributed by atoms with Gasteiger partial charge in [-0.05, 0) is 37.3 Å². The summed E-state index contributed by atoms with van der Waals surface area (Å²) in [6, 6.07) is 12.4. The Morgan fingerprint density at radius 3 is 2.60 bits per heavy atom. The van der Waals surface area contributed by atoms with Gasteiger partial charge in [0.15, 0.2) is 0 Å². The summed E-state index contributed by atoms with van der Waals surface area (Å²) in [6.07, 6.45) is 3.56. The molecular formula is C25H26N4O5S. The summed E-state index contributed by atoms with van der Waals surface area (Å²) < 4.78 is 35.0. The quantitative estimate of drug-likeness (QED) is 0.527. The highest BCUT2D eigenvalue weighted by Gasteiger charge is 2.34. The first-order valence-electron chi connectivity index (χ1n) is 11.4. The Hall–Kier alpha value is -3.47. The van der Waals surface area contributed by atoms with Gasteiger partial charge in [0.25, 0.3) is 5.91 Å². The predicted octanol–water partition coefficient (Wildman–Crippen LogP) is 2.05. The number of benzene rings is 2. The van der Waals surface area contributed by atoms with Crippen LogP contribution in [0.2, 0.25) is 0 Å². The molecule has 2 aliphatic heterocycles. The third-order valence-electron chi connectivity index (χ3n) is 6.39. The monoisotopic (exact) mass is 494 g/mol. The maximum absolute atomic E-state index is 13.4. The molecule has 0 radical (unpaired) electrons. The van der Waals surface area contributed by atoms with Gasteiger partial charge in [-0.1, -0.05) is 18.2 Å². The molecule has 0 bridgehead atoms. The van der Waals surface area contributed by atoms with Crippen LogP contribution in [0.25, 0.3) is 22.6 Å². The van der Waals surface area contributed by atoms with E-state index in [1.807, 2.05) is 31.2 Å². The number of nitrogens with zero attached hydrogens (tertiary/aromatic N) is 3. The van der Waals surface area contributed by atoms with E-state index in [0.29, 0.717) is 49.7 Å². The van der Waals surface area contributed by atoms with Crippen LogP contribution in [-0.2, 0) is 30.9 Å². The summed E-state index contributed by atoms with van der Waals surface area (Å²) in [5.41, 5.74) is 8.63. The van der Waals surface area contributed by atoms with E-state index in [0.717, 1.165) is 16.5 Å². The molecule has 0 aliphatic carbocycles. The van der Waals surface area contributed by atoms with E-state index in [4.69, 9.17) is 10.5 Å². The molecule has 9 nitrogen and oxygen atoms in total. The average molecular weight is 495 g/mol. The smallest absolute Gasteiger partial charge is 0.258 e. The Bertz CT molecular complexity index is 1470. The highest BCUT2D eigenvalue weighted by Crippen LogP contribution is 2.40. The second-order valence-electron chi connectivity index (χ2n) is 8.50. The van der Waals surface area contributed by atoms with Crippen LogP contribution in [0.1, 0.15) is 18.1 Å². The van der Waals surface area contributed by atoms with Gasteiger partial charge in [-0.25, -0.2) is 8.42 Å². The fourth-order valence-corrected chi connectivity index (χ4v) is 6.17. The third-order valence-corrected chi connectivity index (χ3v) is 8.29. The lowest BCUT2D eigenvalue weighted by Crippen LogP contribution is -2.40. The number of rotatable bonds is 6. The van der Waals surface area contributed by atoms with Crippen LogP contribution in [0.3, 0.4) is 0 Å². The molecule has 2 N–H and O–H groups in total. The Morgan fingerprint density at radius 1 is 1.14 bits per heavy atom. The number of fused-ring (bicyclic) bond motifs is 2. The van der Waals surface area contributed by atoms with E-state index in [1.165, 1.54) is 4.31 Å². The molecular weight excluding hydrogens is 468 g/mol. The lowest BCUT2D eigenvalue weighted by Gasteiger charge is -2.26. The zero-order chi connectivity index (χ0) is 24.7. The third kappa shape index (κ3) is 4.03. The number of ether oxygens (including phenoxy) is 1. The number of primary amides is 1. The van der Waals surface area contributed by atoms with Crippen molar-refractivity contribution in [2.24, 2.45) is 5.73 Å². The minimum absolute atomic E-state index is 0.0112. The van der Waals surface area contributed by atoms with Crippen molar-refractivity contribution in [1.29, 1.82) is 0 Å². The maximum atomic E-state index is 13.4. The average Bonchev–Trinajstić information content (AvgIpc) is 3.33. The molecule has 3 heterocycles. The summed E-state index contributed by atoms with van der Waals surface area (Å²) >= 11 is 0. The maximum Gasteiger partial charge on any atom is 0.258 e. The largest absolute Gasteiger partial charge is 0.379 e. The minimum atomic E-state index is -3.72. The van der Waals surface area contributed by atoms with Gasteiger partial charge in [-0.3, -0.25) is 9.59 Å². The van der Waals surface area contributed by atoms with Crippen molar-refractivity contribution < 1.29 is 22.7 Å². The molecule has 35 heavy (non-hydrogen) atoms. The number of para-hydroxylation sites is 1. The summed E-state index contributed by atoms with van der Waals surface area (Å²) in [5, 5.41) is 0.864. The first kappa shape index (κ1) is 23.3. The zero-order valence-electron chi connectivity index (χ0n) is 19.3. The number of amides is 2. The number of aromatic nitrogens is 1. The highest BCUT2D eigenvalue weighted by molar-refractivity contribution is 7.89. The van der Waals surface area contributed by atoms with Crippen molar-refractivity contribution >= 4 is 50.1 Å². The van der Waals surface area contributed by atoms with Gasteiger partial charge >= 0.3 is 0 Å². The second kappa shape index (κ2) is 8.95. The van der Waals surface area contributed by atoms with Gasteiger partial charge in [0.1, 0.15) is 6.54 Å². The molecule has 3 aromatic rings. The standard InChI is InChI=1S/C25H26N4O5S/c1-2-29-23-8-7-18(35(32,33)28-9-11-34-12-10-28)14-20(23)21(25(29)31)13-17-15-27(16-24(26)30)22-6-4-3-5-19(17)22/h3-8,13-15H,2,9-12,16H2,1H3,(H2,26,30)/b21-13-. The van der Waals surface area contributed by atoms with E-state index in [2.05, 4.69) is 0 Å². The Labute approximate surface area is 203 Å². The van der Waals surface area contributed by atoms with E-state index in [-0.39, 0.29) is 17.3 Å². The van der Waals surface area contributed by atoms with Crippen LogP contribution >= 0.6 is 0 Å². The van der Waals surface area contributed by atoms with Gasteiger partial charge in [-0.2, -0.15) is 4.31 Å². The van der Waals surface area contributed by atoms with Crippen molar-refractivity contribution in [2.75, 3.05) is 37.7 Å². The number of anilines is 1. The molecule has 0 spiro atoms. The number of likely N-dealkylation sites (N-methyl/N-ethyl adjacent to an activating group) is 1. The van der Waals surface area contributed by atoms with E-state index >= 15 is 0 Å². The molecule has 2 aliphatic rings. The fourth-order valence-electron chi connectivity index (χ4n) is 4.73. The van der Waals surface area contributed by atoms with Crippen LogP contribution in [-0.4, -0.2) is 62.0 Å². The lowest BCUT2D eigenvalue weighted by molar-refractivity contribution is -0.118. The summed E-state index contributed by atoms with van der Waals surface area (Å²) in [7, 11) is -3.72. The summed E-state index contributed by atoms with van der Waals surface area (Å²) in [4.78, 5) is 26.7. The van der Waals surface area contributed by atoms with Crippen molar-refractivity contribution in [1.82, 2.24) is 8.87 Å².